The molecule has 0 bridgehead atoms. The molecule has 30 heavy (non-hydrogen) atoms. The second kappa shape index (κ2) is 9.15. The van der Waals surface area contributed by atoms with Crippen LogP contribution in [0.2, 0.25) is 0 Å². The van der Waals surface area contributed by atoms with Crippen molar-refractivity contribution in [2.45, 2.75) is 33.1 Å². The molecule has 0 amide bonds. The lowest BCUT2D eigenvalue weighted by atomic mass is 10.0. The van der Waals surface area contributed by atoms with E-state index in [2.05, 4.69) is 23.8 Å². The average molecular weight is 415 g/mol. The van der Waals surface area contributed by atoms with Crippen LogP contribution in [0.3, 0.4) is 0 Å². The van der Waals surface area contributed by atoms with Crippen molar-refractivity contribution in [2.75, 3.05) is 11.9 Å². The molecule has 0 saturated heterocycles. The number of anilines is 2. The highest BCUT2D eigenvalue weighted by molar-refractivity contribution is 5.63. The Morgan fingerprint density at radius 3 is 2.23 bits per heavy atom. The van der Waals surface area contributed by atoms with E-state index in [-0.39, 0.29) is 18.4 Å². The molecule has 4 nitrogen and oxygen atoms in total. The predicted octanol–water partition coefficient (Wildman–Crippen LogP) is 6.04. The molecule has 0 unspecified atom stereocenters. The third kappa shape index (κ3) is 5.49. The number of benzene rings is 2. The van der Waals surface area contributed by atoms with E-state index in [1.807, 2.05) is 42.5 Å². The molecule has 7 heteroatoms. The Morgan fingerprint density at radius 2 is 1.63 bits per heavy atom. The van der Waals surface area contributed by atoms with Crippen LogP contribution in [0.1, 0.15) is 30.5 Å². The van der Waals surface area contributed by atoms with Gasteiger partial charge in [-0.3, -0.25) is 0 Å². The molecule has 1 aromatic heterocycles. The normalized spacial score (nSPS) is 11.6. The number of alkyl halides is 3. The van der Waals surface area contributed by atoms with Gasteiger partial charge in [0.2, 0.25) is 0 Å². The monoisotopic (exact) mass is 415 g/mol. The van der Waals surface area contributed by atoms with Gasteiger partial charge in [0, 0.05) is 18.9 Å². The van der Waals surface area contributed by atoms with Crippen molar-refractivity contribution < 1.29 is 17.9 Å². The lowest BCUT2D eigenvalue weighted by molar-refractivity contribution is -0.137. The maximum Gasteiger partial charge on any atom is 0.421 e. The molecular formula is C23H24F3N3O. The largest absolute Gasteiger partial charge is 0.459 e. The lowest BCUT2D eigenvalue weighted by Gasteiger charge is -2.23. The number of hydrogen-bond donors (Lipinski definition) is 0. The summed E-state index contributed by atoms with van der Waals surface area (Å²) in [6.07, 6.45) is -2.91. The Labute approximate surface area is 174 Å². The van der Waals surface area contributed by atoms with E-state index in [1.165, 1.54) is 4.90 Å². The van der Waals surface area contributed by atoms with E-state index < -0.39 is 11.7 Å². The van der Waals surface area contributed by atoms with Crippen molar-refractivity contribution in [2.24, 2.45) is 5.92 Å². The zero-order valence-corrected chi connectivity index (χ0v) is 17.1. The Morgan fingerprint density at radius 1 is 0.967 bits per heavy atom. The van der Waals surface area contributed by atoms with Crippen LogP contribution in [0, 0.1) is 5.92 Å². The Kier molecular flexibility index (Phi) is 6.59. The van der Waals surface area contributed by atoms with Crippen molar-refractivity contribution in [1.29, 1.82) is 0 Å². The van der Waals surface area contributed by atoms with Crippen LogP contribution in [-0.4, -0.2) is 17.0 Å². The number of ether oxygens (including phenoxy) is 1. The quantitative estimate of drug-likeness (QED) is 0.471. The van der Waals surface area contributed by atoms with Crippen molar-refractivity contribution in [1.82, 2.24) is 9.97 Å². The van der Waals surface area contributed by atoms with Crippen LogP contribution in [0.15, 0.2) is 60.8 Å². The van der Waals surface area contributed by atoms with Crippen molar-refractivity contribution >= 4 is 11.5 Å². The van der Waals surface area contributed by atoms with Gasteiger partial charge in [-0.2, -0.15) is 18.2 Å². The summed E-state index contributed by atoms with van der Waals surface area (Å²) >= 11 is 0. The van der Waals surface area contributed by atoms with Crippen LogP contribution < -0.4 is 9.64 Å². The first-order valence-corrected chi connectivity index (χ1v) is 9.67. The van der Waals surface area contributed by atoms with Gasteiger partial charge in [0.05, 0.1) is 0 Å². The second-order valence-corrected chi connectivity index (χ2v) is 7.49. The molecule has 0 fully saturated rings. The molecule has 2 aromatic carbocycles. The molecule has 0 aliphatic carbocycles. The minimum atomic E-state index is -4.58. The molecular weight excluding hydrogens is 391 g/mol. The third-order valence-corrected chi connectivity index (χ3v) is 4.55. The summed E-state index contributed by atoms with van der Waals surface area (Å²) in [5.41, 5.74) is 1.69. The topological polar surface area (TPSA) is 38.2 Å². The van der Waals surface area contributed by atoms with Gasteiger partial charge in [0.25, 0.3) is 0 Å². The van der Waals surface area contributed by atoms with Gasteiger partial charge in [0.15, 0.2) is 5.82 Å². The molecule has 0 spiro atoms. The highest BCUT2D eigenvalue weighted by atomic mass is 19.4. The lowest BCUT2D eigenvalue weighted by Crippen LogP contribution is -2.19. The zero-order chi connectivity index (χ0) is 21.7. The van der Waals surface area contributed by atoms with Crippen molar-refractivity contribution in [3.63, 3.8) is 0 Å². The van der Waals surface area contributed by atoms with Crippen LogP contribution in [-0.2, 0) is 19.2 Å². The molecule has 1 heterocycles. The Hall–Kier alpha value is -3.09. The van der Waals surface area contributed by atoms with Crippen LogP contribution in [0.4, 0.5) is 24.7 Å². The highest BCUT2D eigenvalue weighted by Crippen LogP contribution is 2.37. The summed E-state index contributed by atoms with van der Waals surface area (Å²) in [4.78, 5) is 9.24. The Bertz CT molecular complexity index is 958. The highest BCUT2D eigenvalue weighted by Gasteiger charge is 2.36. The van der Waals surface area contributed by atoms with Gasteiger partial charge in [-0.05, 0) is 35.6 Å². The van der Waals surface area contributed by atoms with E-state index in [4.69, 9.17) is 4.74 Å². The molecule has 0 aliphatic rings. The van der Waals surface area contributed by atoms with Crippen LogP contribution >= 0.6 is 0 Å². The molecule has 158 valence electrons. The predicted molar refractivity (Wildman–Crippen MR) is 111 cm³/mol. The summed E-state index contributed by atoms with van der Waals surface area (Å²) in [6.45, 7) is 4.40. The fraction of sp³-hybridized carbons (Fsp3) is 0.304. The fourth-order valence-electron chi connectivity index (χ4n) is 3.05. The van der Waals surface area contributed by atoms with Gasteiger partial charge in [-0.1, -0.05) is 56.3 Å². The fourth-order valence-corrected chi connectivity index (χ4v) is 3.05. The number of aromatic nitrogens is 2. The molecule has 3 aromatic rings. The summed E-state index contributed by atoms with van der Waals surface area (Å²) in [7, 11) is 1.55. The maximum absolute atomic E-state index is 13.6. The number of nitrogens with zero attached hydrogens (tertiary/aromatic N) is 3. The SMILES string of the molecule is CC(C)Cc1ccc(N(C)c2nc(OCc3ccccc3)ncc2C(F)(F)F)cc1. The molecule has 0 aliphatic heterocycles. The standard InChI is InChI=1S/C23H24F3N3O/c1-16(2)13-17-9-11-19(12-10-17)29(3)21-20(23(24,25)26)14-27-22(28-21)30-15-18-7-5-4-6-8-18/h4-12,14,16H,13,15H2,1-3H3. The molecule has 0 radical (unpaired) electrons. The summed E-state index contributed by atoms with van der Waals surface area (Å²) in [5, 5.41) is 0. The maximum atomic E-state index is 13.6. The number of rotatable bonds is 7. The smallest absolute Gasteiger partial charge is 0.421 e. The first kappa shape index (κ1) is 21.6. The number of halogens is 3. The van der Waals surface area contributed by atoms with Gasteiger partial charge < -0.3 is 9.64 Å². The van der Waals surface area contributed by atoms with E-state index in [0.29, 0.717) is 11.6 Å². The van der Waals surface area contributed by atoms with Gasteiger partial charge in [0.1, 0.15) is 12.2 Å². The summed E-state index contributed by atoms with van der Waals surface area (Å²) < 4.78 is 46.2. The van der Waals surface area contributed by atoms with Gasteiger partial charge in [-0.15, -0.1) is 0 Å². The molecule has 0 N–H and O–H groups in total. The first-order chi connectivity index (χ1) is 14.2. The first-order valence-electron chi connectivity index (χ1n) is 9.67. The molecule has 0 atom stereocenters. The van der Waals surface area contributed by atoms with E-state index in [1.54, 1.807) is 19.2 Å². The summed E-state index contributed by atoms with van der Waals surface area (Å²) in [6, 6.07) is 16.6. The third-order valence-electron chi connectivity index (χ3n) is 4.55. The van der Waals surface area contributed by atoms with E-state index >= 15 is 0 Å². The average Bonchev–Trinajstić information content (AvgIpc) is 2.72. The minimum absolute atomic E-state index is 0.106. The van der Waals surface area contributed by atoms with Crippen molar-refractivity contribution in [3.8, 4) is 6.01 Å². The van der Waals surface area contributed by atoms with E-state index in [0.717, 1.165) is 23.7 Å². The van der Waals surface area contributed by atoms with Gasteiger partial charge >= 0.3 is 12.2 Å². The second-order valence-electron chi connectivity index (χ2n) is 7.49. The van der Waals surface area contributed by atoms with Crippen LogP contribution in [0.5, 0.6) is 6.01 Å². The van der Waals surface area contributed by atoms with Crippen LogP contribution in [0.25, 0.3) is 0 Å². The van der Waals surface area contributed by atoms with Gasteiger partial charge in [-0.25, -0.2) is 4.98 Å². The zero-order valence-electron chi connectivity index (χ0n) is 17.1. The number of hydrogen-bond acceptors (Lipinski definition) is 4. The Balaban J connectivity index is 1.88. The van der Waals surface area contributed by atoms with E-state index in [9.17, 15) is 13.2 Å². The molecule has 3 rings (SSSR count). The molecule has 0 saturated carbocycles. The summed E-state index contributed by atoms with van der Waals surface area (Å²) in [5.74, 6) is 0.244. The van der Waals surface area contributed by atoms with Crippen molar-refractivity contribution in [3.05, 3.63) is 77.5 Å². The minimum Gasteiger partial charge on any atom is -0.459 e.